The largest absolute Gasteiger partial charge is 0.462 e. The highest BCUT2D eigenvalue weighted by atomic mass is 16.6. The van der Waals surface area contributed by atoms with Gasteiger partial charge >= 0.3 is 17.9 Å². The van der Waals surface area contributed by atoms with E-state index in [9.17, 15) is 14.4 Å². The fourth-order valence-corrected chi connectivity index (χ4v) is 8.66. The molecule has 0 radical (unpaired) electrons. The molecule has 0 saturated carbocycles. The van der Waals surface area contributed by atoms with E-state index in [0.717, 1.165) is 116 Å². The average Bonchev–Trinajstić information content (AvgIpc) is 3.44. The predicted octanol–water partition coefficient (Wildman–Crippen LogP) is 22.2. The molecule has 0 amide bonds. The molecule has 0 fully saturated rings. The van der Waals surface area contributed by atoms with Crippen LogP contribution in [-0.4, -0.2) is 37.2 Å². The van der Waals surface area contributed by atoms with Crippen LogP contribution in [0.5, 0.6) is 0 Å². The monoisotopic (exact) mass is 1080 g/mol. The molecule has 0 spiro atoms. The summed E-state index contributed by atoms with van der Waals surface area (Å²) in [6.07, 6.45) is 91.9. The number of unbranched alkanes of at least 4 members (excludes halogenated alkanes) is 24. The maximum atomic E-state index is 12.9. The van der Waals surface area contributed by atoms with Crippen LogP contribution in [0.25, 0.3) is 0 Å². The Kier molecular flexibility index (Phi) is 61.4. The zero-order valence-corrected chi connectivity index (χ0v) is 50.6. The van der Waals surface area contributed by atoms with Crippen LogP contribution in [0.3, 0.4) is 0 Å². The molecule has 6 heteroatoms. The van der Waals surface area contributed by atoms with E-state index >= 15 is 0 Å². The molecule has 0 rings (SSSR count). The van der Waals surface area contributed by atoms with Gasteiger partial charge in [0.2, 0.25) is 0 Å². The molecule has 0 aromatic heterocycles. The van der Waals surface area contributed by atoms with E-state index in [1.165, 1.54) is 122 Å². The first-order valence-electron chi connectivity index (χ1n) is 32.2. The van der Waals surface area contributed by atoms with Gasteiger partial charge < -0.3 is 14.2 Å². The molecule has 0 aromatic carbocycles. The van der Waals surface area contributed by atoms with Crippen LogP contribution >= 0.6 is 0 Å². The average molecular weight is 1080 g/mol. The molecule has 0 aromatic rings. The number of ether oxygens (including phenoxy) is 3. The second-order valence-corrected chi connectivity index (χ2v) is 20.9. The normalized spacial score (nSPS) is 13.0. The summed E-state index contributed by atoms with van der Waals surface area (Å²) < 4.78 is 16.8. The van der Waals surface area contributed by atoms with E-state index in [1.54, 1.807) is 0 Å². The first kappa shape index (κ1) is 73.5. The van der Waals surface area contributed by atoms with Gasteiger partial charge in [0.15, 0.2) is 6.10 Å². The number of hydrogen-bond acceptors (Lipinski definition) is 6. The molecular weight excluding hydrogens is 961 g/mol. The van der Waals surface area contributed by atoms with Gasteiger partial charge in [0.25, 0.3) is 0 Å². The Bertz CT molecular complexity index is 1670. The number of carbonyl (C=O) groups excluding carboxylic acids is 3. The van der Waals surface area contributed by atoms with Crippen LogP contribution in [0, 0.1) is 0 Å². The molecule has 1 unspecified atom stereocenters. The van der Waals surface area contributed by atoms with Gasteiger partial charge in [-0.1, -0.05) is 289 Å². The Balaban J connectivity index is 4.33. The van der Waals surface area contributed by atoms with E-state index in [2.05, 4.69) is 154 Å². The van der Waals surface area contributed by atoms with Crippen molar-refractivity contribution in [1.29, 1.82) is 0 Å². The van der Waals surface area contributed by atoms with Crippen molar-refractivity contribution in [2.45, 2.75) is 290 Å². The van der Waals surface area contributed by atoms with Gasteiger partial charge in [0.05, 0.1) is 0 Å². The third-order valence-electron chi connectivity index (χ3n) is 13.4. The van der Waals surface area contributed by atoms with Crippen LogP contribution in [0.1, 0.15) is 284 Å². The third-order valence-corrected chi connectivity index (χ3v) is 13.4. The first-order valence-corrected chi connectivity index (χ1v) is 32.2. The molecule has 0 saturated heterocycles. The van der Waals surface area contributed by atoms with Crippen molar-refractivity contribution in [2.75, 3.05) is 13.2 Å². The minimum absolute atomic E-state index is 0.102. The number of allylic oxidation sites excluding steroid dienone is 22. The summed E-state index contributed by atoms with van der Waals surface area (Å²) in [5, 5.41) is 0. The van der Waals surface area contributed by atoms with Crippen LogP contribution in [0.15, 0.2) is 134 Å². The number of rotatable bonds is 57. The lowest BCUT2D eigenvalue weighted by Gasteiger charge is -2.18. The van der Waals surface area contributed by atoms with Crippen molar-refractivity contribution in [2.24, 2.45) is 0 Å². The summed E-state index contributed by atoms with van der Waals surface area (Å²) in [4.78, 5) is 38.2. The van der Waals surface area contributed by atoms with Crippen molar-refractivity contribution in [3.63, 3.8) is 0 Å². The molecule has 6 nitrogen and oxygen atoms in total. The summed E-state index contributed by atoms with van der Waals surface area (Å²) in [6, 6.07) is 0. The van der Waals surface area contributed by atoms with Crippen molar-refractivity contribution in [3.05, 3.63) is 134 Å². The highest BCUT2D eigenvalue weighted by Crippen LogP contribution is 2.16. The Hall–Kier alpha value is -4.45. The van der Waals surface area contributed by atoms with Gasteiger partial charge in [-0.25, -0.2) is 0 Å². The van der Waals surface area contributed by atoms with Crippen LogP contribution in [0.2, 0.25) is 0 Å². The Morgan fingerprint density at radius 1 is 0.269 bits per heavy atom. The summed E-state index contributed by atoms with van der Waals surface area (Å²) in [6.45, 7) is 6.36. The van der Waals surface area contributed by atoms with Crippen LogP contribution in [0.4, 0.5) is 0 Å². The van der Waals surface area contributed by atoms with Crippen molar-refractivity contribution < 1.29 is 28.6 Å². The zero-order chi connectivity index (χ0) is 56.4. The summed E-state index contributed by atoms with van der Waals surface area (Å²) in [7, 11) is 0. The number of esters is 3. The fourth-order valence-electron chi connectivity index (χ4n) is 8.66. The van der Waals surface area contributed by atoms with E-state index in [4.69, 9.17) is 14.2 Å². The van der Waals surface area contributed by atoms with Crippen LogP contribution < -0.4 is 0 Å². The van der Waals surface area contributed by atoms with Gasteiger partial charge in [-0.2, -0.15) is 0 Å². The lowest BCUT2D eigenvalue weighted by Crippen LogP contribution is -2.30. The zero-order valence-electron chi connectivity index (χ0n) is 50.6. The quantitative estimate of drug-likeness (QED) is 0.0261. The van der Waals surface area contributed by atoms with Gasteiger partial charge in [0.1, 0.15) is 13.2 Å². The molecule has 78 heavy (non-hydrogen) atoms. The smallest absolute Gasteiger partial charge is 0.306 e. The van der Waals surface area contributed by atoms with Crippen molar-refractivity contribution >= 4 is 17.9 Å². The third kappa shape index (κ3) is 62.4. The minimum Gasteiger partial charge on any atom is -0.462 e. The summed E-state index contributed by atoms with van der Waals surface area (Å²) in [5.41, 5.74) is 0. The van der Waals surface area contributed by atoms with Crippen LogP contribution in [-0.2, 0) is 28.6 Å². The molecule has 442 valence electrons. The Morgan fingerprint density at radius 3 is 0.821 bits per heavy atom. The SMILES string of the molecule is CC/C=C\C/C=C\C/C=C\C/C=C\C/C=C\C/C=C\C/C=C\CCCC(=O)OC(COC(=O)CCCCCCCCCCCC)COC(=O)CCCCCCCCCCCCCCCC/C=C\C/C=C\C/C=C\C/C=C\CC. The lowest BCUT2D eigenvalue weighted by atomic mass is 10.0. The topological polar surface area (TPSA) is 78.9 Å². The second kappa shape index (κ2) is 65.1. The molecule has 1 atom stereocenters. The lowest BCUT2D eigenvalue weighted by molar-refractivity contribution is -0.167. The highest BCUT2D eigenvalue weighted by molar-refractivity contribution is 5.71. The maximum Gasteiger partial charge on any atom is 0.306 e. The highest BCUT2D eigenvalue weighted by Gasteiger charge is 2.19. The first-order chi connectivity index (χ1) is 38.5. The Morgan fingerprint density at radius 2 is 0.513 bits per heavy atom. The second-order valence-electron chi connectivity index (χ2n) is 20.9. The van der Waals surface area contributed by atoms with E-state index < -0.39 is 6.10 Å². The van der Waals surface area contributed by atoms with E-state index in [0.29, 0.717) is 19.3 Å². The number of carbonyl (C=O) groups is 3. The van der Waals surface area contributed by atoms with E-state index in [1.807, 2.05) is 0 Å². The standard InChI is InChI=1S/C72H118O6/c1-4-7-10-13-16-19-22-24-26-28-30-32-34-35-36-37-39-40-42-44-46-48-50-53-56-59-62-65-71(74)77-68-69(67-76-70(73)64-61-58-55-52-21-18-15-12-9-6-3)78-72(75)66-63-60-57-54-51-49-47-45-43-41-38-33-31-29-27-25-23-20-17-14-11-8-5-2/h7-8,10-11,16-17,19-20,24-27,30-33,41,43,47,49,54,57,69H,4-6,9,12-15,18,21-23,28-29,34-40,42,44-46,48,50-53,55-56,58-68H2,1-3H3/b10-7-,11-8-,19-16-,20-17-,26-24-,27-25-,32-30-,33-31-,43-41-,49-47-,57-54-. The summed E-state index contributed by atoms with van der Waals surface area (Å²) in [5.74, 6) is -0.961. The Labute approximate surface area is 481 Å². The predicted molar refractivity (Wildman–Crippen MR) is 339 cm³/mol. The van der Waals surface area contributed by atoms with Gasteiger partial charge in [-0.05, 0) is 109 Å². The van der Waals surface area contributed by atoms with Gasteiger partial charge in [-0.3, -0.25) is 14.4 Å². The van der Waals surface area contributed by atoms with Gasteiger partial charge in [0, 0.05) is 19.3 Å². The molecular formula is C72H118O6. The molecule has 0 heterocycles. The van der Waals surface area contributed by atoms with Gasteiger partial charge in [-0.15, -0.1) is 0 Å². The molecule has 0 aliphatic carbocycles. The molecule has 0 N–H and O–H groups in total. The van der Waals surface area contributed by atoms with Crippen molar-refractivity contribution in [1.82, 2.24) is 0 Å². The molecule has 0 bridgehead atoms. The summed E-state index contributed by atoms with van der Waals surface area (Å²) >= 11 is 0. The maximum absolute atomic E-state index is 12.9. The van der Waals surface area contributed by atoms with Crippen molar-refractivity contribution in [3.8, 4) is 0 Å². The fraction of sp³-hybridized carbons (Fsp3) is 0.653. The minimum atomic E-state index is -0.811. The van der Waals surface area contributed by atoms with E-state index in [-0.39, 0.29) is 37.5 Å². The number of hydrogen-bond donors (Lipinski definition) is 0. The molecule has 0 aliphatic rings. The molecule has 0 aliphatic heterocycles.